The maximum atomic E-state index is 11.5. The van der Waals surface area contributed by atoms with Crippen molar-refractivity contribution in [2.45, 2.75) is 33.2 Å². The van der Waals surface area contributed by atoms with Gasteiger partial charge in [-0.25, -0.2) is 0 Å². The van der Waals surface area contributed by atoms with Crippen molar-refractivity contribution in [1.82, 2.24) is 0 Å². The molecule has 1 aromatic carbocycles. The number of nitrogens with one attached hydrogen (secondary N) is 1. The Morgan fingerprint density at radius 2 is 2.24 bits per heavy atom. The van der Waals surface area contributed by atoms with E-state index < -0.39 is 6.04 Å². The number of hydrogen-bond acceptors (Lipinski definition) is 3. The zero-order chi connectivity index (χ0) is 12.8. The summed E-state index contributed by atoms with van der Waals surface area (Å²) in [5, 5.41) is 2.76. The summed E-state index contributed by atoms with van der Waals surface area (Å²) in [5.41, 5.74) is 7.28. The predicted octanol–water partition coefficient (Wildman–Crippen LogP) is 2.07. The van der Waals surface area contributed by atoms with Gasteiger partial charge in [-0.05, 0) is 38.0 Å². The van der Waals surface area contributed by atoms with Gasteiger partial charge in [-0.2, -0.15) is 0 Å². The normalized spacial score (nSPS) is 12.0. The molecule has 0 aliphatic carbocycles. The summed E-state index contributed by atoms with van der Waals surface area (Å²) >= 11 is 0. The molecule has 17 heavy (non-hydrogen) atoms. The Hall–Kier alpha value is -1.55. The van der Waals surface area contributed by atoms with E-state index in [0.717, 1.165) is 12.0 Å². The summed E-state index contributed by atoms with van der Waals surface area (Å²) in [6.45, 7) is 6.30. The van der Waals surface area contributed by atoms with E-state index in [2.05, 4.69) is 5.32 Å². The second-order valence-corrected chi connectivity index (χ2v) is 4.13. The zero-order valence-corrected chi connectivity index (χ0v) is 10.6. The summed E-state index contributed by atoms with van der Waals surface area (Å²) in [6, 6.07) is 5.14. The molecule has 1 amide bonds. The van der Waals surface area contributed by atoms with Crippen molar-refractivity contribution in [2.75, 3.05) is 11.9 Å². The lowest BCUT2D eigenvalue weighted by Crippen LogP contribution is -2.32. The SMILES string of the molecule is CCCOc1cc(C)ccc1NC(=O)[C@H](C)N. The van der Waals surface area contributed by atoms with Crippen molar-refractivity contribution in [3.05, 3.63) is 23.8 Å². The summed E-state index contributed by atoms with van der Waals surface area (Å²) in [5.74, 6) is 0.482. The lowest BCUT2D eigenvalue weighted by molar-refractivity contribution is -0.117. The van der Waals surface area contributed by atoms with Crippen LogP contribution in [0.5, 0.6) is 5.75 Å². The van der Waals surface area contributed by atoms with Gasteiger partial charge in [-0.15, -0.1) is 0 Å². The van der Waals surface area contributed by atoms with Gasteiger partial charge in [0, 0.05) is 0 Å². The number of aryl methyl sites for hydroxylation is 1. The molecule has 1 atom stereocenters. The molecular weight excluding hydrogens is 216 g/mol. The third kappa shape index (κ3) is 4.07. The van der Waals surface area contributed by atoms with Gasteiger partial charge in [-0.1, -0.05) is 13.0 Å². The van der Waals surface area contributed by atoms with E-state index in [-0.39, 0.29) is 5.91 Å². The van der Waals surface area contributed by atoms with Crippen LogP contribution < -0.4 is 15.8 Å². The molecule has 0 unspecified atom stereocenters. The molecule has 0 aliphatic rings. The van der Waals surface area contributed by atoms with Gasteiger partial charge < -0.3 is 15.8 Å². The second-order valence-electron chi connectivity index (χ2n) is 4.13. The minimum Gasteiger partial charge on any atom is -0.491 e. The summed E-state index contributed by atoms with van der Waals surface area (Å²) < 4.78 is 5.59. The summed E-state index contributed by atoms with van der Waals surface area (Å²) in [4.78, 5) is 11.5. The molecule has 0 radical (unpaired) electrons. The zero-order valence-electron chi connectivity index (χ0n) is 10.6. The lowest BCUT2D eigenvalue weighted by Gasteiger charge is -2.14. The first-order valence-electron chi connectivity index (χ1n) is 5.84. The molecule has 0 spiro atoms. The molecule has 3 N–H and O–H groups in total. The van der Waals surface area contributed by atoms with Gasteiger partial charge in [0.15, 0.2) is 0 Å². The predicted molar refractivity (Wildman–Crippen MR) is 69.2 cm³/mol. The van der Waals surface area contributed by atoms with Crippen LogP contribution in [0.15, 0.2) is 18.2 Å². The van der Waals surface area contributed by atoms with Crippen LogP contribution in [-0.2, 0) is 4.79 Å². The molecule has 0 saturated carbocycles. The standard InChI is InChI=1S/C13H20N2O2/c1-4-7-17-12-8-9(2)5-6-11(12)15-13(16)10(3)14/h5-6,8,10H,4,7,14H2,1-3H3,(H,15,16)/t10-/m0/s1. The van der Waals surface area contributed by atoms with Crippen molar-refractivity contribution in [3.63, 3.8) is 0 Å². The smallest absolute Gasteiger partial charge is 0.241 e. The Balaban J connectivity index is 2.85. The number of ether oxygens (including phenoxy) is 1. The van der Waals surface area contributed by atoms with Crippen molar-refractivity contribution >= 4 is 11.6 Å². The first kappa shape index (κ1) is 13.5. The van der Waals surface area contributed by atoms with Crippen molar-refractivity contribution in [1.29, 1.82) is 0 Å². The molecule has 4 nitrogen and oxygen atoms in total. The monoisotopic (exact) mass is 236 g/mol. The summed E-state index contributed by atoms with van der Waals surface area (Å²) in [7, 11) is 0. The summed E-state index contributed by atoms with van der Waals surface area (Å²) in [6.07, 6.45) is 0.925. The molecule has 1 rings (SSSR count). The largest absolute Gasteiger partial charge is 0.491 e. The fraction of sp³-hybridized carbons (Fsp3) is 0.462. The number of hydrogen-bond donors (Lipinski definition) is 2. The molecule has 0 bridgehead atoms. The van der Waals surface area contributed by atoms with E-state index in [4.69, 9.17) is 10.5 Å². The first-order chi connectivity index (χ1) is 8.04. The highest BCUT2D eigenvalue weighted by molar-refractivity contribution is 5.95. The topological polar surface area (TPSA) is 64.3 Å². The highest BCUT2D eigenvalue weighted by atomic mass is 16.5. The lowest BCUT2D eigenvalue weighted by atomic mass is 10.2. The average molecular weight is 236 g/mol. The molecule has 4 heteroatoms. The van der Waals surface area contributed by atoms with E-state index in [1.807, 2.05) is 32.0 Å². The molecule has 0 fully saturated rings. The molecule has 0 heterocycles. The molecule has 1 aromatic rings. The van der Waals surface area contributed by atoms with E-state index in [1.165, 1.54) is 0 Å². The molecular formula is C13H20N2O2. The van der Waals surface area contributed by atoms with Crippen LogP contribution in [0, 0.1) is 6.92 Å². The van der Waals surface area contributed by atoms with Crippen LogP contribution in [0.4, 0.5) is 5.69 Å². The van der Waals surface area contributed by atoms with E-state index in [0.29, 0.717) is 18.0 Å². The molecule has 0 aromatic heterocycles. The van der Waals surface area contributed by atoms with Crippen molar-refractivity contribution in [3.8, 4) is 5.75 Å². The minimum atomic E-state index is -0.532. The van der Waals surface area contributed by atoms with E-state index in [1.54, 1.807) is 6.92 Å². The van der Waals surface area contributed by atoms with Gasteiger partial charge in [0.2, 0.25) is 5.91 Å². The molecule has 94 valence electrons. The number of carbonyl (C=O) groups excluding carboxylic acids is 1. The highest BCUT2D eigenvalue weighted by Crippen LogP contribution is 2.25. The van der Waals surface area contributed by atoms with Gasteiger partial charge in [0.05, 0.1) is 18.3 Å². The third-order valence-corrected chi connectivity index (χ3v) is 2.27. The van der Waals surface area contributed by atoms with Gasteiger partial charge >= 0.3 is 0 Å². The Labute approximate surface area is 102 Å². The maximum absolute atomic E-state index is 11.5. The second kappa shape index (κ2) is 6.25. The van der Waals surface area contributed by atoms with E-state index in [9.17, 15) is 4.79 Å². The Morgan fingerprint density at radius 1 is 1.53 bits per heavy atom. The van der Waals surface area contributed by atoms with Crippen LogP contribution in [0.3, 0.4) is 0 Å². The third-order valence-electron chi connectivity index (χ3n) is 2.27. The van der Waals surface area contributed by atoms with Crippen LogP contribution in [0.2, 0.25) is 0 Å². The van der Waals surface area contributed by atoms with Crippen molar-refractivity contribution in [2.24, 2.45) is 5.73 Å². The number of benzene rings is 1. The maximum Gasteiger partial charge on any atom is 0.241 e. The number of carbonyl (C=O) groups is 1. The van der Waals surface area contributed by atoms with Crippen LogP contribution in [-0.4, -0.2) is 18.6 Å². The number of anilines is 1. The Bertz CT molecular complexity index is 389. The van der Waals surface area contributed by atoms with Gasteiger partial charge in [-0.3, -0.25) is 4.79 Å². The number of nitrogens with two attached hydrogens (primary N) is 1. The Kier molecular flexibility index (Phi) is 4.97. The first-order valence-corrected chi connectivity index (χ1v) is 5.84. The quantitative estimate of drug-likeness (QED) is 0.822. The van der Waals surface area contributed by atoms with E-state index >= 15 is 0 Å². The molecule has 0 aliphatic heterocycles. The van der Waals surface area contributed by atoms with Crippen LogP contribution in [0.25, 0.3) is 0 Å². The Morgan fingerprint density at radius 3 is 2.82 bits per heavy atom. The average Bonchev–Trinajstić information content (AvgIpc) is 2.29. The molecule has 0 saturated heterocycles. The fourth-order valence-corrected chi connectivity index (χ4v) is 1.31. The number of rotatable bonds is 5. The fourth-order valence-electron chi connectivity index (χ4n) is 1.31. The number of amides is 1. The van der Waals surface area contributed by atoms with Gasteiger partial charge in [0.1, 0.15) is 5.75 Å². The minimum absolute atomic E-state index is 0.213. The van der Waals surface area contributed by atoms with Crippen LogP contribution in [0.1, 0.15) is 25.8 Å². The van der Waals surface area contributed by atoms with Gasteiger partial charge in [0.25, 0.3) is 0 Å². The van der Waals surface area contributed by atoms with Crippen LogP contribution >= 0.6 is 0 Å². The van der Waals surface area contributed by atoms with Crippen molar-refractivity contribution < 1.29 is 9.53 Å². The highest BCUT2D eigenvalue weighted by Gasteiger charge is 2.11.